The number of amidine groups is 1. The molecule has 0 aliphatic carbocycles. The number of benzene rings is 2. The number of ether oxygens (including phenoxy) is 3. The molecule has 0 aromatic heterocycles. The van der Waals surface area contributed by atoms with E-state index in [0.29, 0.717) is 19.6 Å². The van der Waals surface area contributed by atoms with E-state index in [0.717, 1.165) is 16.3 Å². The highest BCUT2D eigenvalue weighted by Crippen LogP contribution is 2.40. The van der Waals surface area contributed by atoms with Crippen LogP contribution in [0.1, 0.15) is 17.5 Å². The Hall–Kier alpha value is -1.90. The first-order valence-electron chi connectivity index (χ1n) is 10.6. The summed E-state index contributed by atoms with van der Waals surface area (Å²) in [5, 5.41) is 10.6. The number of aliphatic hydroxyl groups is 1. The second-order valence-electron chi connectivity index (χ2n) is 7.99. The van der Waals surface area contributed by atoms with Gasteiger partial charge in [-0.25, -0.2) is 0 Å². The molecule has 0 spiro atoms. The van der Waals surface area contributed by atoms with Gasteiger partial charge in [0.1, 0.15) is 23.7 Å². The zero-order valence-electron chi connectivity index (χ0n) is 18.0. The lowest BCUT2D eigenvalue weighted by Gasteiger charge is -2.42. The highest BCUT2D eigenvalue weighted by molar-refractivity contribution is 8.14. The number of rotatable bonds is 8. The molecule has 2 aliphatic rings. The molecule has 2 aromatic carbocycles. The molecule has 2 aromatic rings. The van der Waals surface area contributed by atoms with Crippen molar-refractivity contribution < 1.29 is 19.3 Å². The predicted molar refractivity (Wildman–Crippen MR) is 123 cm³/mol. The third-order valence-electron chi connectivity index (χ3n) is 5.46. The molecule has 1 saturated heterocycles. The molecule has 7 heteroatoms. The number of nitrogens with zero attached hydrogens (tertiary/aromatic N) is 2. The zero-order valence-corrected chi connectivity index (χ0v) is 18.8. The Morgan fingerprint density at radius 1 is 0.935 bits per heavy atom. The van der Waals surface area contributed by atoms with Gasteiger partial charge in [-0.05, 0) is 17.5 Å². The van der Waals surface area contributed by atoms with Gasteiger partial charge in [0.05, 0.1) is 19.3 Å². The minimum absolute atomic E-state index is 0.0325. The normalized spacial score (nSPS) is 27.6. The first-order chi connectivity index (χ1) is 15.2. The van der Waals surface area contributed by atoms with Crippen molar-refractivity contribution in [2.75, 3.05) is 20.7 Å². The standard InChI is InChI=1S/C24H30N2O4S/c1-26(2)24-25-20-22(29-16-18-11-7-4-8-12-18)21(19(13-14-27)30-23(20)31-24)28-15-17-9-5-3-6-10-17/h3-12,19-23,27H,13-16H2,1-2H3. The highest BCUT2D eigenvalue weighted by Gasteiger charge is 2.50. The largest absolute Gasteiger partial charge is 0.396 e. The number of hydrogen-bond donors (Lipinski definition) is 1. The zero-order chi connectivity index (χ0) is 21.6. The van der Waals surface area contributed by atoms with Gasteiger partial charge in [0, 0.05) is 20.7 Å². The Kier molecular flexibility index (Phi) is 7.63. The summed E-state index contributed by atoms with van der Waals surface area (Å²) in [6.45, 7) is 0.963. The van der Waals surface area contributed by atoms with Crippen molar-refractivity contribution in [1.29, 1.82) is 0 Å². The summed E-state index contributed by atoms with van der Waals surface area (Å²) >= 11 is 1.61. The van der Waals surface area contributed by atoms with Crippen molar-refractivity contribution in [1.82, 2.24) is 4.90 Å². The van der Waals surface area contributed by atoms with Gasteiger partial charge in [-0.3, -0.25) is 4.99 Å². The Labute approximate surface area is 188 Å². The number of fused-ring (bicyclic) bond motifs is 1. The predicted octanol–water partition coefficient (Wildman–Crippen LogP) is 3.30. The van der Waals surface area contributed by atoms with Crippen LogP contribution < -0.4 is 0 Å². The molecule has 1 fully saturated rings. The summed E-state index contributed by atoms with van der Waals surface area (Å²) in [5.74, 6) is 0. The van der Waals surface area contributed by atoms with Crippen LogP contribution in [-0.2, 0) is 27.4 Å². The van der Waals surface area contributed by atoms with Gasteiger partial charge in [0.15, 0.2) is 5.17 Å². The van der Waals surface area contributed by atoms with Gasteiger partial charge >= 0.3 is 0 Å². The fourth-order valence-corrected chi connectivity index (χ4v) is 5.05. The first-order valence-corrected chi connectivity index (χ1v) is 11.5. The summed E-state index contributed by atoms with van der Waals surface area (Å²) in [4.78, 5) is 6.92. The molecule has 2 aliphatic heterocycles. The lowest BCUT2D eigenvalue weighted by Crippen LogP contribution is -2.57. The van der Waals surface area contributed by atoms with Gasteiger partial charge in [-0.15, -0.1) is 0 Å². The van der Waals surface area contributed by atoms with E-state index in [-0.39, 0.29) is 36.4 Å². The second kappa shape index (κ2) is 10.6. The Morgan fingerprint density at radius 2 is 1.52 bits per heavy atom. The molecular formula is C24H30N2O4S. The minimum atomic E-state index is -0.330. The van der Waals surface area contributed by atoms with E-state index in [4.69, 9.17) is 19.2 Å². The van der Waals surface area contributed by atoms with Crippen LogP contribution in [0.3, 0.4) is 0 Å². The van der Waals surface area contributed by atoms with Crippen LogP contribution in [0.15, 0.2) is 65.7 Å². The van der Waals surface area contributed by atoms with Crippen LogP contribution in [0.5, 0.6) is 0 Å². The van der Waals surface area contributed by atoms with Gasteiger partial charge in [0.25, 0.3) is 0 Å². The Morgan fingerprint density at radius 3 is 2.06 bits per heavy atom. The van der Waals surface area contributed by atoms with Crippen molar-refractivity contribution in [2.24, 2.45) is 4.99 Å². The third kappa shape index (κ3) is 5.48. The number of thioether (sulfide) groups is 1. The number of aliphatic imine (C=N–C) groups is 1. The summed E-state index contributed by atoms with van der Waals surface area (Å²) in [6.07, 6.45) is -0.376. The SMILES string of the molecule is CN(C)C1=NC2C(OC(CCO)C(OCc3ccccc3)C2OCc2ccccc2)S1. The smallest absolute Gasteiger partial charge is 0.161 e. The maximum absolute atomic E-state index is 9.68. The highest BCUT2D eigenvalue weighted by atomic mass is 32.2. The average Bonchev–Trinajstić information content (AvgIpc) is 3.22. The Balaban J connectivity index is 1.57. The molecule has 1 N–H and O–H groups in total. The molecule has 31 heavy (non-hydrogen) atoms. The summed E-state index contributed by atoms with van der Waals surface area (Å²) < 4.78 is 19.2. The maximum atomic E-state index is 9.68. The van der Waals surface area contributed by atoms with Crippen LogP contribution in [0.2, 0.25) is 0 Å². The molecule has 0 amide bonds. The minimum Gasteiger partial charge on any atom is -0.396 e. The van der Waals surface area contributed by atoms with Crippen LogP contribution in [0.4, 0.5) is 0 Å². The summed E-state index contributed by atoms with van der Waals surface area (Å²) in [5.41, 5.74) is 2.05. The van der Waals surface area contributed by atoms with E-state index in [9.17, 15) is 5.11 Å². The van der Waals surface area contributed by atoms with Crippen molar-refractivity contribution in [3.8, 4) is 0 Å². The molecule has 5 atom stereocenters. The van der Waals surface area contributed by atoms with Gasteiger partial charge < -0.3 is 24.2 Å². The monoisotopic (exact) mass is 442 g/mol. The van der Waals surface area contributed by atoms with Crippen molar-refractivity contribution in [3.05, 3.63) is 71.8 Å². The summed E-state index contributed by atoms with van der Waals surface area (Å²) in [7, 11) is 3.97. The summed E-state index contributed by atoms with van der Waals surface area (Å²) in [6, 6.07) is 20.0. The molecule has 0 bridgehead atoms. The van der Waals surface area contributed by atoms with Crippen LogP contribution in [0.25, 0.3) is 0 Å². The van der Waals surface area contributed by atoms with E-state index < -0.39 is 0 Å². The van der Waals surface area contributed by atoms with Crippen molar-refractivity contribution in [2.45, 2.75) is 49.4 Å². The third-order valence-corrected chi connectivity index (χ3v) is 6.77. The van der Waals surface area contributed by atoms with Gasteiger partial charge in [0.2, 0.25) is 0 Å². The number of aliphatic hydroxyl groups excluding tert-OH is 1. The first kappa shape index (κ1) is 22.3. The Bertz CT molecular complexity index is 849. The average molecular weight is 443 g/mol. The van der Waals surface area contributed by atoms with Gasteiger partial charge in [-0.1, -0.05) is 72.4 Å². The maximum Gasteiger partial charge on any atom is 0.161 e. The lowest BCUT2D eigenvalue weighted by molar-refractivity contribution is -0.200. The number of hydrogen-bond acceptors (Lipinski definition) is 7. The topological polar surface area (TPSA) is 63.5 Å². The molecular weight excluding hydrogens is 412 g/mol. The van der Waals surface area contributed by atoms with E-state index in [1.54, 1.807) is 11.8 Å². The van der Waals surface area contributed by atoms with Crippen LogP contribution in [0, 0.1) is 0 Å². The van der Waals surface area contributed by atoms with Crippen LogP contribution in [-0.4, -0.2) is 65.7 Å². The van der Waals surface area contributed by atoms with E-state index in [1.165, 1.54) is 0 Å². The van der Waals surface area contributed by atoms with E-state index >= 15 is 0 Å². The van der Waals surface area contributed by atoms with E-state index in [2.05, 4.69) is 12.1 Å². The molecule has 5 unspecified atom stereocenters. The molecule has 6 nitrogen and oxygen atoms in total. The van der Waals surface area contributed by atoms with Crippen molar-refractivity contribution in [3.63, 3.8) is 0 Å². The van der Waals surface area contributed by atoms with Gasteiger partial charge in [-0.2, -0.15) is 0 Å². The molecule has 4 rings (SSSR count). The fraction of sp³-hybridized carbons (Fsp3) is 0.458. The van der Waals surface area contributed by atoms with Crippen molar-refractivity contribution >= 4 is 16.9 Å². The molecule has 2 heterocycles. The molecule has 0 saturated carbocycles. The fourth-order valence-electron chi connectivity index (χ4n) is 3.89. The quantitative estimate of drug-likeness (QED) is 0.677. The van der Waals surface area contributed by atoms with E-state index in [1.807, 2.05) is 67.5 Å². The van der Waals surface area contributed by atoms with Crippen LogP contribution >= 0.6 is 11.8 Å². The lowest BCUT2D eigenvalue weighted by atomic mass is 9.95. The molecule has 166 valence electrons. The molecule has 0 radical (unpaired) electrons. The second-order valence-corrected chi connectivity index (χ2v) is 9.06.